The highest BCUT2D eigenvalue weighted by Gasteiger charge is 2.48. The van der Waals surface area contributed by atoms with Gasteiger partial charge >= 0.3 is 0 Å². The van der Waals surface area contributed by atoms with Gasteiger partial charge in [0.05, 0.1) is 18.2 Å². The Morgan fingerprint density at radius 3 is 2.66 bits per heavy atom. The van der Waals surface area contributed by atoms with Crippen molar-refractivity contribution < 1.29 is 29.0 Å². The zero-order chi connectivity index (χ0) is 28.5. The van der Waals surface area contributed by atoms with Crippen molar-refractivity contribution in [2.24, 2.45) is 5.10 Å². The number of furan rings is 1. The summed E-state index contributed by atoms with van der Waals surface area (Å²) in [6.07, 6.45) is 0. The largest absolute Gasteiger partial charge is 0.504 e. The van der Waals surface area contributed by atoms with Crippen molar-refractivity contribution in [3.05, 3.63) is 107 Å². The van der Waals surface area contributed by atoms with Crippen LogP contribution in [0.3, 0.4) is 0 Å². The van der Waals surface area contributed by atoms with Gasteiger partial charge in [-0.25, -0.2) is 0 Å². The van der Waals surface area contributed by atoms with Gasteiger partial charge in [-0.1, -0.05) is 54.6 Å². The number of nitrogens with zero attached hydrogens (tertiary/aromatic N) is 2. The van der Waals surface area contributed by atoms with Crippen molar-refractivity contribution in [2.45, 2.75) is 23.4 Å². The Labute approximate surface area is 243 Å². The molecule has 2 aliphatic rings. The predicted octanol–water partition coefficient (Wildman–Crippen LogP) is 5.94. The number of amidine groups is 1. The van der Waals surface area contributed by atoms with Gasteiger partial charge in [-0.15, -0.1) is 11.8 Å². The number of aromatic hydroxyl groups is 1. The van der Waals surface area contributed by atoms with Crippen molar-refractivity contribution >= 4 is 51.4 Å². The lowest BCUT2D eigenvalue weighted by Crippen LogP contribution is -2.34. The molecule has 6 rings (SSSR count). The molecule has 0 fully saturated rings. The Balaban J connectivity index is 1.35. The fourth-order valence-electron chi connectivity index (χ4n) is 4.73. The summed E-state index contributed by atoms with van der Waals surface area (Å²) < 4.78 is 11.2. The smallest absolute Gasteiger partial charge is 0.296 e. The molecule has 0 saturated carbocycles. The van der Waals surface area contributed by atoms with Crippen molar-refractivity contribution in [3.63, 3.8) is 0 Å². The molecule has 2 atom stereocenters. The van der Waals surface area contributed by atoms with E-state index in [-0.39, 0.29) is 27.5 Å². The number of benzene rings is 3. The Morgan fingerprint density at radius 1 is 1.10 bits per heavy atom. The third-order valence-corrected chi connectivity index (χ3v) is 9.05. The number of hydrogen-bond acceptors (Lipinski definition) is 10. The van der Waals surface area contributed by atoms with Gasteiger partial charge in [-0.05, 0) is 54.1 Å². The minimum absolute atomic E-state index is 0.00774. The quantitative estimate of drug-likeness (QED) is 0.215. The number of carbonyl (C=O) groups is 2. The number of Topliss-reactive ketones (excluding diaryl/α,β-unsaturated/α-hetero) is 1. The van der Waals surface area contributed by atoms with E-state index in [1.165, 1.54) is 22.7 Å². The lowest BCUT2D eigenvalue weighted by molar-refractivity contribution is -0.125. The molecule has 3 heterocycles. The van der Waals surface area contributed by atoms with Crippen LogP contribution in [-0.2, 0) is 10.5 Å². The second kappa shape index (κ2) is 11.3. The Morgan fingerprint density at radius 2 is 1.88 bits per heavy atom. The molecule has 3 N–H and O–H groups in total. The van der Waals surface area contributed by atoms with Gasteiger partial charge in [0, 0.05) is 11.1 Å². The van der Waals surface area contributed by atoms with Crippen LogP contribution < -0.4 is 10.2 Å². The lowest BCUT2D eigenvalue weighted by Gasteiger charge is -2.26. The summed E-state index contributed by atoms with van der Waals surface area (Å²) in [5.41, 5.74) is 5.01. The van der Waals surface area contributed by atoms with Crippen LogP contribution in [0.25, 0.3) is 11.0 Å². The highest BCUT2D eigenvalue weighted by Crippen LogP contribution is 2.45. The number of para-hydroxylation sites is 1. The number of aliphatic hydroxyl groups excluding tert-OH is 1. The molecule has 0 saturated heterocycles. The summed E-state index contributed by atoms with van der Waals surface area (Å²) >= 11 is 2.92. The van der Waals surface area contributed by atoms with E-state index in [0.29, 0.717) is 22.9 Å². The van der Waals surface area contributed by atoms with E-state index in [0.717, 1.165) is 16.7 Å². The second-order valence-corrected chi connectivity index (χ2v) is 11.7. The normalized spacial score (nSPS) is 18.6. The molecule has 3 aromatic carbocycles. The molecule has 0 aliphatic carbocycles. The Bertz CT molecular complexity index is 1670. The van der Waals surface area contributed by atoms with Gasteiger partial charge in [-0.2, -0.15) is 5.10 Å². The van der Waals surface area contributed by atoms with Gasteiger partial charge < -0.3 is 19.4 Å². The summed E-state index contributed by atoms with van der Waals surface area (Å²) in [6, 6.07) is 22.3. The van der Waals surface area contributed by atoms with E-state index < -0.39 is 23.5 Å². The minimum Gasteiger partial charge on any atom is -0.504 e. The van der Waals surface area contributed by atoms with E-state index in [1.807, 2.05) is 42.5 Å². The van der Waals surface area contributed by atoms with Crippen LogP contribution in [-0.4, -0.2) is 43.3 Å². The number of ether oxygens (including phenoxy) is 1. The van der Waals surface area contributed by atoms with Gasteiger partial charge in [0.2, 0.25) is 5.78 Å². The number of carbonyl (C=O) groups excluding carboxylic acids is 2. The van der Waals surface area contributed by atoms with Gasteiger partial charge in [0.25, 0.3) is 5.91 Å². The lowest BCUT2D eigenvalue weighted by atomic mass is 9.95. The molecule has 11 heteroatoms. The van der Waals surface area contributed by atoms with Gasteiger partial charge in [-0.3, -0.25) is 19.9 Å². The van der Waals surface area contributed by atoms with Crippen molar-refractivity contribution in [1.82, 2.24) is 10.3 Å². The van der Waals surface area contributed by atoms with Crippen LogP contribution in [0, 0.1) is 0 Å². The summed E-state index contributed by atoms with van der Waals surface area (Å²) in [5, 5.41) is 26.9. The molecule has 1 amide bonds. The number of fused-ring (bicyclic) bond motifs is 1. The SMILES string of the molecule is CCOc1cc(C2C(C(=O)c3cc4ccccc4o3)=C(O)C(=O)N2C2=NNC(SCc3ccccc3)S2)ccc1O. The number of aliphatic hydroxyl groups is 1. The maximum atomic E-state index is 13.9. The maximum Gasteiger partial charge on any atom is 0.296 e. The molecule has 2 aliphatic heterocycles. The molecule has 0 radical (unpaired) electrons. The third-order valence-electron chi connectivity index (χ3n) is 6.63. The molecular formula is C30H25N3O6S2. The average Bonchev–Trinajstić information content (AvgIpc) is 3.70. The minimum atomic E-state index is -1.05. The number of thioether (sulfide) groups is 2. The monoisotopic (exact) mass is 587 g/mol. The first kappa shape index (κ1) is 26.9. The summed E-state index contributed by atoms with van der Waals surface area (Å²) in [4.78, 5) is 28.8. The van der Waals surface area contributed by atoms with Crippen LogP contribution in [0.4, 0.5) is 0 Å². The van der Waals surface area contributed by atoms with Crippen molar-refractivity contribution in [1.29, 1.82) is 0 Å². The van der Waals surface area contributed by atoms with E-state index in [4.69, 9.17) is 9.15 Å². The molecule has 41 heavy (non-hydrogen) atoms. The molecule has 0 spiro atoms. The average molecular weight is 588 g/mol. The number of phenolic OH excluding ortho intramolecular Hbond substituents is 1. The van der Waals surface area contributed by atoms with Crippen molar-refractivity contribution in [3.8, 4) is 11.5 Å². The molecule has 2 unspecified atom stereocenters. The second-order valence-electron chi connectivity index (χ2n) is 9.25. The number of hydrazone groups is 1. The molecule has 0 bridgehead atoms. The van der Waals surface area contributed by atoms with Crippen LogP contribution in [0.15, 0.2) is 99.7 Å². The standard InChI is InChI=1S/C30H25N3O6S2/c1-2-38-22-15-19(12-13-20(22)34)25-24(26(35)23-14-18-10-6-7-11-21(18)39-23)27(36)28(37)33(25)29-31-32-30(41-29)40-16-17-8-4-3-5-9-17/h3-15,25,30,32,34,36H,2,16H2,1H3. The zero-order valence-corrected chi connectivity index (χ0v) is 23.4. The topological polar surface area (TPSA) is 125 Å². The highest BCUT2D eigenvalue weighted by atomic mass is 32.2. The number of hydrogen-bond donors (Lipinski definition) is 3. The van der Waals surface area contributed by atoms with E-state index in [1.54, 1.807) is 49.0 Å². The van der Waals surface area contributed by atoms with E-state index in [9.17, 15) is 19.8 Å². The number of rotatable bonds is 8. The fourth-order valence-corrected chi connectivity index (χ4v) is 6.83. The van der Waals surface area contributed by atoms with Crippen LogP contribution >= 0.6 is 23.5 Å². The van der Waals surface area contributed by atoms with E-state index >= 15 is 0 Å². The van der Waals surface area contributed by atoms with Gasteiger partial charge in [0.15, 0.2) is 28.2 Å². The summed E-state index contributed by atoms with van der Waals surface area (Å²) in [7, 11) is 0. The number of amides is 1. The zero-order valence-electron chi connectivity index (χ0n) is 21.8. The molecule has 4 aromatic rings. The first-order valence-corrected chi connectivity index (χ1v) is 14.8. The molecular weight excluding hydrogens is 562 g/mol. The highest BCUT2D eigenvalue weighted by molar-refractivity contribution is 8.24. The van der Waals surface area contributed by atoms with Crippen molar-refractivity contribution in [2.75, 3.05) is 6.61 Å². The summed E-state index contributed by atoms with van der Waals surface area (Å²) in [5.74, 6) is -1.26. The Kier molecular flexibility index (Phi) is 7.38. The van der Waals surface area contributed by atoms with Crippen LogP contribution in [0.5, 0.6) is 11.5 Å². The third kappa shape index (κ3) is 5.14. The van der Waals surface area contributed by atoms with Crippen LogP contribution in [0.2, 0.25) is 0 Å². The number of phenols is 1. The molecule has 9 nitrogen and oxygen atoms in total. The first-order valence-electron chi connectivity index (χ1n) is 12.9. The van der Waals surface area contributed by atoms with Gasteiger partial charge in [0.1, 0.15) is 10.3 Å². The predicted molar refractivity (Wildman–Crippen MR) is 159 cm³/mol. The fraction of sp³-hybridized carbons (Fsp3) is 0.167. The van der Waals surface area contributed by atoms with E-state index in [2.05, 4.69) is 10.5 Å². The number of nitrogens with one attached hydrogen (secondary N) is 1. The number of ketones is 1. The first-order chi connectivity index (χ1) is 19.9. The Hall–Kier alpha value is -4.35. The molecule has 208 valence electrons. The maximum absolute atomic E-state index is 13.9. The molecule has 1 aromatic heterocycles. The van der Waals surface area contributed by atoms with Crippen LogP contribution in [0.1, 0.15) is 34.6 Å². The summed E-state index contributed by atoms with van der Waals surface area (Å²) in [6.45, 7) is 2.07.